The normalized spacial score (nSPS) is 11.1. The van der Waals surface area contributed by atoms with Crippen molar-refractivity contribution in [3.05, 3.63) is 57.4 Å². The third kappa shape index (κ3) is 1.34. The van der Waals surface area contributed by atoms with Crippen molar-refractivity contribution >= 4 is 32.5 Å². The summed E-state index contributed by atoms with van der Waals surface area (Å²) in [5.41, 5.74) is 1.34. The van der Waals surface area contributed by atoms with Gasteiger partial charge in [-0.2, -0.15) is 0 Å². The van der Waals surface area contributed by atoms with Crippen LogP contribution in [0.15, 0.2) is 51.9 Å². The summed E-state index contributed by atoms with van der Waals surface area (Å²) >= 11 is 3.37. The zero-order chi connectivity index (χ0) is 11.1. The van der Waals surface area contributed by atoms with Crippen molar-refractivity contribution < 1.29 is 0 Å². The largest absolute Gasteiger partial charge is 0.268 e. The van der Waals surface area contributed by atoms with E-state index in [0.29, 0.717) is 16.6 Å². The molecule has 16 heavy (non-hydrogen) atoms. The van der Waals surface area contributed by atoms with Crippen LogP contribution in [0.25, 0.3) is 16.6 Å². The first-order chi connectivity index (χ1) is 7.75. The Bertz CT molecular complexity index is 749. The first-order valence-corrected chi connectivity index (χ1v) is 5.62. The maximum atomic E-state index is 12.1. The van der Waals surface area contributed by atoms with Crippen molar-refractivity contribution in [2.75, 3.05) is 0 Å². The summed E-state index contributed by atoms with van der Waals surface area (Å²) in [7, 11) is 0. The van der Waals surface area contributed by atoms with Crippen LogP contribution >= 0.6 is 15.9 Å². The average Bonchev–Trinajstić information content (AvgIpc) is 2.29. The predicted octanol–water partition coefficient (Wildman–Crippen LogP) is 2.61. The van der Waals surface area contributed by atoms with Gasteiger partial charge in [-0.15, -0.1) is 0 Å². The second kappa shape index (κ2) is 3.42. The van der Waals surface area contributed by atoms with Crippen molar-refractivity contribution in [1.82, 2.24) is 9.38 Å². The van der Waals surface area contributed by atoms with Crippen molar-refractivity contribution in [1.29, 1.82) is 0 Å². The smallest absolute Gasteiger partial charge is 0.265 e. The molecule has 0 radical (unpaired) electrons. The van der Waals surface area contributed by atoms with E-state index in [1.165, 1.54) is 0 Å². The first kappa shape index (κ1) is 9.54. The van der Waals surface area contributed by atoms with Crippen LogP contribution in [0.1, 0.15) is 0 Å². The van der Waals surface area contributed by atoms with E-state index in [0.717, 1.165) is 4.47 Å². The van der Waals surface area contributed by atoms with E-state index in [9.17, 15) is 4.79 Å². The Labute approximate surface area is 99.5 Å². The molecule has 0 atom stereocenters. The molecule has 0 saturated heterocycles. The molecule has 0 aliphatic rings. The van der Waals surface area contributed by atoms with Gasteiger partial charge in [0.1, 0.15) is 5.65 Å². The van der Waals surface area contributed by atoms with Gasteiger partial charge in [-0.05, 0) is 30.3 Å². The quantitative estimate of drug-likeness (QED) is 0.591. The molecule has 2 heterocycles. The number of hydrogen-bond donors (Lipinski definition) is 0. The molecule has 0 N–H and O–H groups in total. The lowest BCUT2D eigenvalue weighted by Crippen LogP contribution is -2.14. The minimum absolute atomic E-state index is 0.0342. The summed E-state index contributed by atoms with van der Waals surface area (Å²) in [5.74, 6) is 0. The molecule has 3 aromatic rings. The van der Waals surface area contributed by atoms with E-state index in [1.807, 2.05) is 30.3 Å². The van der Waals surface area contributed by atoms with Gasteiger partial charge in [0.15, 0.2) is 0 Å². The molecule has 0 amide bonds. The fourth-order valence-electron chi connectivity index (χ4n) is 1.73. The van der Waals surface area contributed by atoms with Crippen LogP contribution in [0.2, 0.25) is 0 Å². The molecule has 0 bridgehead atoms. The highest BCUT2D eigenvalue weighted by Crippen LogP contribution is 2.16. The van der Waals surface area contributed by atoms with Crippen LogP contribution < -0.4 is 5.56 Å². The number of hydrogen-bond acceptors (Lipinski definition) is 2. The molecule has 2 aromatic heterocycles. The van der Waals surface area contributed by atoms with Crippen molar-refractivity contribution in [2.24, 2.45) is 0 Å². The molecular weight excluding hydrogens is 268 g/mol. The summed E-state index contributed by atoms with van der Waals surface area (Å²) < 4.78 is 2.48. The zero-order valence-corrected chi connectivity index (χ0v) is 9.81. The van der Waals surface area contributed by atoms with E-state index in [1.54, 1.807) is 16.7 Å². The molecule has 3 nitrogen and oxygen atoms in total. The topological polar surface area (TPSA) is 34.4 Å². The van der Waals surface area contributed by atoms with Crippen molar-refractivity contribution in [2.45, 2.75) is 0 Å². The molecule has 0 aliphatic carbocycles. The van der Waals surface area contributed by atoms with E-state index in [-0.39, 0.29) is 5.56 Å². The molecular formula is C12H7BrN2O. The van der Waals surface area contributed by atoms with Gasteiger partial charge in [0.25, 0.3) is 5.56 Å². The van der Waals surface area contributed by atoms with Crippen LogP contribution in [0.3, 0.4) is 0 Å². The SMILES string of the molecule is O=c1c2ccc(Br)cc2nc2ccccn12. The van der Waals surface area contributed by atoms with E-state index in [2.05, 4.69) is 20.9 Å². The third-order valence-corrected chi connectivity index (χ3v) is 2.98. The fourth-order valence-corrected chi connectivity index (χ4v) is 2.08. The van der Waals surface area contributed by atoms with Crippen LogP contribution in [0, 0.1) is 0 Å². The van der Waals surface area contributed by atoms with Crippen LogP contribution in [-0.2, 0) is 0 Å². The number of pyridine rings is 1. The summed E-state index contributed by atoms with van der Waals surface area (Å²) in [6.45, 7) is 0. The number of rotatable bonds is 0. The Morgan fingerprint density at radius 1 is 1.19 bits per heavy atom. The number of fused-ring (bicyclic) bond motifs is 2. The molecule has 0 spiro atoms. The van der Waals surface area contributed by atoms with E-state index < -0.39 is 0 Å². The summed E-state index contributed by atoms with van der Waals surface area (Å²) in [4.78, 5) is 16.5. The van der Waals surface area contributed by atoms with Crippen molar-refractivity contribution in [3.8, 4) is 0 Å². The predicted molar refractivity (Wildman–Crippen MR) is 66.7 cm³/mol. The van der Waals surface area contributed by atoms with Gasteiger partial charge in [-0.3, -0.25) is 9.20 Å². The molecule has 4 heteroatoms. The Morgan fingerprint density at radius 3 is 2.94 bits per heavy atom. The van der Waals surface area contributed by atoms with Gasteiger partial charge in [0.05, 0.1) is 10.9 Å². The highest BCUT2D eigenvalue weighted by Gasteiger charge is 2.04. The Balaban J connectivity index is 2.61. The number of aromatic nitrogens is 2. The second-order valence-corrected chi connectivity index (χ2v) is 4.42. The van der Waals surface area contributed by atoms with Gasteiger partial charge >= 0.3 is 0 Å². The van der Waals surface area contributed by atoms with Gasteiger partial charge < -0.3 is 0 Å². The second-order valence-electron chi connectivity index (χ2n) is 3.51. The Hall–Kier alpha value is -1.68. The average molecular weight is 275 g/mol. The van der Waals surface area contributed by atoms with Crippen molar-refractivity contribution in [3.63, 3.8) is 0 Å². The van der Waals surface area contributed by atoms with Crippen LogP contribution in [0.5, 0.6) is 0 Å². The molecule has 3 rings (SSSR count). The molecule has 1 aromatic carbocycles. The number of nitrogens with zero attached hydrogens (tertiary/aromatic N) is 2. The molecule has 0 unspecified atom stereocenters. The Kier molecular flexibility index (Phi) is 2.04. The molecule has 0 aliphatic heterocycles. The Morgan fingerprint density at radius 2 is 2.06 bits per heavy atom. The summed E-state index contributed by atoms with van der Waals surface area (Å²) in [6, 6.07) is 11.0. The van der Waals surface area contributed by atoms with Crippen LogP contribution in [-0.4, -0.2) is 9.38 Å². The maximum absolute atomic E-state index is 12.1. The van der Waals surface area contributed by atoms with Gasteiger partial charge in [0.2, 0.25) is 0 Å². The standard InChI is InChI=1S/C12H7BrN2O/c13-8-4-5-9-10(7-8)14-11-3-1-2-6-15(11)12(9)16/h1-7H. The lowest BCUT2D eigenvalue weighted by molar-refractivity contribution is 1.08. The highest BCUT2D eigenvalue weighted by atomic mass is 79.9. The minimum atomic E-state index is -0.0342. The van der Waals surface area contributed by atoms with Gasteiger partial charge in [0, 0.05) is 10.7 Å². The van der Waals surface area contributed by atoms with Crippen LogP contribution in [0.4, 0.5) is 0 Å². The molecule has 0 saturated carbocycles. The monoisotopic (exact) mass is 274 g/mol. The lowest BCUT2D eigenvalue weighted by atomic mass is 10.2. The third-order valence-electron chi connectivity index (χ3n) is 2.48. The fraction of sp³-hybridized carbons (Fsp3) is 0. The number of benzene rings is 1. The van der Waals surface area contributed by atoms with Gasteiger partial charge in [-0.25, -0.2) is 4.98 Å². The lowest BCUT2D eigenvalue weighted by Gasteiger charge is -2.02. The number of halogens is 1. The first-order valence-electron chi connectivity index (χ1n) is 4.82. The van der Waals surface area contributed by atoms with E-state index >= 15 is 0 Å². The van der Waals surface area contributed by atoms with Gasteiger partial charge in [-0.1, -0.05) is 22.0 Å². The highest BCUT2D eigenvalue weighted by molar-refractivity contribution is 9.10. The summed E-state index contributed by atoms with van der Waals surface area (Å²) in [5, 5.41) is 0.631. The minimum Gasteiger partial charge on any atom is -0.268 e. The summed E-state index contributed by atoms with van der Waals surface area (Å²) in [6.07, 6.45) is 1.73. The molecule has 78 valence electrons. The zero-order valence-electron chi connectivity index (χ0n) is 8.22. The van der Waals surface area contributed by atoms with E-state index in [4.69, 9.17) is 0 Å². The molecule has 0 fully saturated rings. The maximum Gasteiger partial charge on any atom is 0.265 e.